The van der Waals surface area contributed by atoms with Gasteiger partial charge in [0.1, 0.15) is 0 Å². The van der Waals surface area contributed by atoms with Crippen LogP contribution in [0.15, 0.2) is 0 Å². The van der Waals surface area contributed by atoms with E-state index >= 15 is 0 Å². The fourth-order valence-corrected chi connectivity index (χ4v) is 1.89. The highest BCUT2D eigenvalue weighted by Gasteiger charge is 2.25. The second-order valence-corrected chi connectivity index (χ2v) is 6.35. The smallest absolute Gasteiger partial charge is 0.0937 e. The van der Waals surface area contributed by atoms with Gasteiger partial charge in [-0.1, -0.05) is 27.7 Å². The summed E-state index contributed by atoms with van der Waals surface area (Å²) >= 11 is 0. The Balaban J connectivity index is 4.26. The highest BCUT2D eigenvalue weighted by atomic mass is 32.2. The lowest BCUT2D eigenvalue weighted by molar-refractivity contribution is 0.240. The average molecular weight is 221 g/mol. The van der Waals surface area contributed by atoms with E-state index in [0.29, 0.717) is 12.3 Å². The SMILES string of the molecule is CCS(=O)N(C)C[C@@H](NN)C(C)(C)C. The maximum absolute atomic E-state index is 11.5. The molecule has 2 atom stereocenters. The van der Waals surface area contributed by atoms with Crippen molar-refractivity contribution in [3.8, 4) is 0 Å². The first-order valence-electron chi connectivity index (χ1n) is 4.88. The lowest BCUT2D eigenvalue weighted by atomic mass is 9.87. The van der Waals surface area contributed by atoms with Crippen molar-refractivity contribution in [1.29, 1.82) is 0 Å². The molecule has 0 heterocycles. The zero-order valence-corrected chi connectivity index (χ0v) is 10.6. The number of nitrogens with one attached hydrogen (secondary N) is 1. The topological polar surface area (TPSA) is 58.4 Å². The van der Waals surface area contributed by atoms with Crippen LogP contribution in [-0.2, 0) is 11.0 Å². The highest BCUT2D eigenvalue weighted by molar-refractivity contribution is 7.82. The Labute approximate surface area is 89.8 Å². The second kappa shape index (κ2) is 5.80. The summed E-state index contributed by atoms with van der Waals surface area (Å²) in [4.78, 5) is 0. The van der Waals surface area contributed by atoms with E-state index in [2.05, 4.69) is 26.2 Å². The molecule has 0 aliphatic carbocycles. The van der Waals surface area contributed by atoms with Gasteiger partial charge in [0, 0.05) is 18.3 Å². The third kappa shape index (κ3) is 4.50. The number of rotatable bonds is 5. The van der Waals surface area contributed by atoms with Crippen molar-refractivity contribution >= 4 is 11.0 Å². The van der Waals surface area contributed by atoms with Gasteiger partial charge in [0.2, 0.25) is 0 Å². The zero-order chi connectivity index (χ0) is 11.4. The molecule has 1 unspecified atom stereocenters. The minimum absolute atomic E-state index is 0.0704. The molecule has 0 aliphatic rings. The molecule has 0 radical (unpaired) electrons. The molecule has 0 fully saturated rings. The Morgan fingerprint density at radius 2 is 2.00 bits per heavy atom. The van der Waals surface area contributed by atoms with Crippen LogP contribution < -0.4 is 11.3 Å². The third-order valence-corrected chi connectivity index (χ3v) is 3.62. The summed E-state index contributed by atoms with van der Waals surface area (Å²) < 4.78 is 13.3. The van der Waals surface area contributed by atoms with Crippen molar-refractivity contribution in [1.82, 2.24) is 9.73 Å². The maximum atomic E-state index is 11.5. The molecule has 14 heavy (non-hydrogen) atoms. The predicted molar refractivity (Wildman–Crippen MR) is 61.9 cm³/mol. The molecular formula is C9H23N3OS. The quantitative estimate of drug-likeness (QED) is 0.524. The molecule has 0 aliphatic heterocycles. The van der Waals surface area contributed by atoms with Crippen molar-refractivity contribution in [2.75, 3.05) is 19.3 Å². The number of likely N-dealkylation sites (N-methyl/N-ethyl adjacent to an activating group) is 1. The van der Waals surface area contributed by atoms with Gasteiger partial charge in [-0.3, -0.25) is 11.3 Å². The van der Waals surface area contributed by atoms with Gasteiger partial charge < -0.3 is 0 Å². The van der Waals surface area contributed by atoms with Crippen molar-refractivity contribution < 1.29 is 4.21 Å². The van der Waals surface area contributed by atoms with Crippen LogP contribution in [0, 0.1) is 5.41 Å². The molecule has 0 aromatic carbocycles. The molecule has 0 rings (SSSR count). The Bertz CT molecular complexity index is 191. The fourth-order valence-electron chi connectivity index (χ4n) is 1.14. The Morgan fingerprint density at radius 3 is 2.29 bits per heavy atom. The van der Waals surface area contributed by atoms with Gasteiger partial charge >= 0.3 is 0 Å². The molecule has 0 saturated heterocycles. The van der Waals surface area contributed by atoms with Gasteiger partial charge in [-0.05, 0) is 12.5 Å². The van der Waals surface area contributed by atoms with Crippen LogP contribution in [0.2, 0.25) is 0 Å². The van der Waals surface area contributed by atoms with Crippen LogP contribution in [0.25, 0.3) is 0 Å². The van der Waals surface area contributed by atoms with Crippen molar-refractivity contribution in [3.63, 3.8) is 0 Å². The normalized spacial score (nSPS) is 17.1. The summed E-state index contributed by atoms with van der Waals surface area (Å²) in [6.45, 7) is 8.94. The first kappa shape index (κ1) is 14.0. The van der Waals surface area contributed by atoms with Gasteiger partial charge in [-0.15, -0.1) is 0 Å². The minimum Gasteiger partial charge on any atom is -0.271 e. The summed E-state index contributed by atoms with van der Waals surface area (Å²) in [5.41, 5.74) is 2.85. The maximum Gasteiger partial charge on any atom is 0.0937 e. The molecule has 0 spiro atoms. The molecular weight excluding hydrogens is 198 g/mol. The molecule has 0 amide bonds. The minimum atomic E-state index is -0.891. The van der Waals surface area contributed by atoms with E-state index in [1.165, 1.54) is 0 Å². The predicted octanol–water partition coefficient (Wildman–Crippen LogP) is 0.480. The van der Waals surface area contributed by atoms with Crippen LogP contribution in [-0.4, -0.2) is 33.9 Å². The molecule has 86 valence electrons. The third-order valence-electron chi connectivity index (χ3n) is 2.28. The molecule has 3 N–H and O–H groups in total. The lowest BCUT2D eigenvalue weighted by Gasteiger charge is -2.32. The Kier molecular flexibility index (Phi) is 5.81. The molecule has 0 saturated carbocycles. The van der Waals surface area contributed by atoms with Crippen LogP contribution in [0.1, 0.15) is 27.7 Å². The average Bonchev–Trinajstić information content (AvgIpc) is 2.10. The molecule has 4 nitrogen and oxygen atoms in total. The summed E-state index contributed by atoms with van der Waals surface area (Å²) in [6.07, 6.45) is 0. The number of hydrazine groups is 1. The number of hydrogen-bond acceptors (Lipinski definition) is 3. The molecule has 0 bridgehead atoms. The van der Waals surface area contributed by atoms with Gasteiger partial charge in [0.25, 0.3) is 0 Å². The van der Waals surface area contributed by atoms with E-state index in [9.17, 15) is 4.21 Å². The molecule has 0 aromatic rings. The van der Waals surface area contributed by atoms with Crippen molar-refractivity contribution in [3.05, 3.63) is 0 Å². The fraction of sp³-hybridized carbons (Fsp3) is 1.00. The van der Waals surface area contributed by atoms with E-state index in [4.69, 9.17) is 5.84 Å². The second-order valence-electron chi connectivity index (χ2n) is 4.51. The van der Waals surface area contributed by atoms with Gasteiger partial charge in [-0.2, -0.15) is 0 Å². The van der Waals surface area contributed by atoms with Crippen LogP contribution in [0.3, 0.4) is 0 Å². The highest BCUT2D eigenvalue weighted by Crippen LogP contribution is 2.19. The van der Waals surface area contributed by atoms with Gasteiger partial charge in [0.15, 0.2) is 0 Å². The monoisotopic (exact) mass is 221 g/mol. The van der Waals surface area contributed by atoms with E-state index in [0.717, 1.165) is 0 Å². The van der Waals surface area contributed by atoms with E-state index in [1.54, 1.807) is 0 Å². The summed E-state index contributed by atoms with van der Waals surface area (Å²) in [7, 11) is 0.966. The first-order chi connectivity index (χ1) is 6.32. The standard InChI is InChI=1S/C9H23N3OS/c1-6-14(13)12(5)7-8(11-10)9(2,3)4/h8,11H,6-7,10H2,1-5H3/t8-,14?/m1/s1. The number of nitrogens with two attached hydrogens (primary N) is 1. The van der Waals surface area contributed by atoms with Crippen LogP contribution in [0.5, 0.6) is 0 Å². The van der Waals surface area contributed by atoms with Gasteiger partial charge in [-0.25, -0.2) is 8.51 Å². The Hall–Kier alpha value is 0.0300. The largest absolute Gasteiger partial charge is 0.271 e. The Morgan fingerprint density at radius 1 is 1.50 bits per heavy atom. The zero-order valence-electron chi connectivity index (χ0n) is 9.83. The molecule has 0 aromatic heterocycles. The summed E-state index contributed by atoms with van der Waals surface area (Å²) in [6, 6.07) is 0.142. The van der Waals surface area contributed by atoms with Crippen molar-refractivity contribution in [2.45, 2.75) is 33.7 Å². The molecule has 5 heteroatoms. The summed E-state index contributed by atoms with van der Waals surface area (Å²) in [5.74, 6) is 6.12. The van der Waals surface area contributed by atoms with Gasteiger partial charge in [0.05, 0.1) is 11.0 Å². The van der Waals surface area contributed by atoms with Crippen LogP contribution >= 0.6 is 0 Å². The number of hydrogen-bond donors (Lipinski definition) is 2. The van der Waals surface area contributed by atoms with E-state index < -0.39 is 11.0 Å². The summed E-state index contributed by atoms with van der Waals surface area (Å²) in [5, 5.41) is 0. The lowest BCUT2D eigenvalue weighted by Crippen LogP contribution is -2.51. The van der Waals surface area contributed by atoms with Crippen molar-refractivity contribution in [2.24, 2.45) is 11.3 Å². The first-order valence-corrected chi connectivity index (χ1v) is 6.16. The number of nitrogens with zero attached hydrogens (tertiary/aromatic N) is 1. The van der Waals surface area contributed by atoms with E-state index in [-0.39, 0.29) is 11.5 Å². The van der Waals surface area contributed by atoms with Crippen LogP contribution in [0.4, 0.5) is 0 Å². The van der Waals surface area contributed by atoms with E-state index in [1.807, 2.05) is 18.3 Å².